The molecule has 0 aromatic heterocycles. The molecular formula is C21H30O2. The average Bonchev–Trinajstić information content (AvgIpc) is 2.81. The Morgan fingerprint density at radius 3 is 2.52 bits per heavy atom. The van der Waals surface area contributed by atoms with Crippen molar-refractivity contribution < 1.29 is 9.53 Å². The second-order valence-corrected chi connectivity index (χ2v) is 9.56. The number of allylic oxidation sites excluding steroid dienone is 1. The monoisotopic (exact) mass is 314 g/mol. The molecule has 3 saturated carbocycles. The average molecular weight is 314 g/mol. The Bertz CT molecular complexity index is 587. The smallest absolute Gasteiger partial charge is 0.155 e. The molecule has 5 aliphatic rings. The minimum atomic E-state index is 0.238. The van der Waals surface area contributed by atoms with Crippen LogP contribution >= 0.6 is 0 Å². The van der Waals surface area contributed by atoms with E-state index in [4.69, 9.17) is 4.74 Å². The maximum atomic E-state index is 11.9. The van der Waals surface area contributed by atoms with Crippen molar-refractivity contribution in [1.29, 1.82) is 0 Å². The van der Waals surface area contributed by atoms with E-state index in [1.54, 1.807) is 0 Å². The molecule has 1 saturated heterocycles. The lowest BCUT2D eigenvalue weighted by molar-refractivity contribution is -0.226. The van der Waals surface area contributed by atoms with Crippen LogP contribution in [-0.2, 0) is 9.53 Å². The summed E-state index contributed by atoms with van der Waals surface area (Å²) in [6.45, 7) is 6.02. The molecule has 0 unspecified atom stereocenters. The van der Waals surface area contributed by atoms with Crippen LogP contribution in [0.3, 0.4) is 0 Å². The summed E-state index contributed by atoms with van der Waals surface area (Å²) in [5, 5.41) is 0. The van der Waals surface area contributed by atoms with E-state index in [-0.39, 0.29) is 5.60 Å². The van der Waals surface area contributed by atoms with Gasteiger partial charge in [-0.2, -0.15) is 0 Å². The molecule has 4 fully saturated rings. The number of ether oxygens (including phenoxy) is 1. The van der Waals surface area contributed by atoms with E-state index >= 15 is 0 Å². The molecule has 5 rings (SSSR count). The summed E-state index contributed by atoms with van der Waals surface area (Å²) < 4.78 is 6.22. The van der Waals surface area contributed by atoms with Crippen molar-refractivity contribution >= 4 is 5.78 Å². The van der Waals surface area contributed by atoms with Crippen molar-refractivity contribution in [3.05, 3.63) is 11.6 Å². The first-order valence-electron chi connectivity index (χ1n) is 9.86. The maximum absolute atomic E-state index is 11.9. The van der Waals surface area contributed by atoms with Gasteiger partial charge in [-0.1, -0.05) is 19.4 Å². The van der Waals surface area contributed by atoms with Crippen molar-refractivity contribution in [2.75, 3.05) is 6.61 Å². The lowest BCUT2D eigenvalue weighted by atomic mass is 9.46. The van der Waals surface area contributed by atoms with Gasteiger partial charge in [0.2, 0.25) is 0 Å². The van der Waals surface area contributed by atoms with Crippen LogP contribution in [0.1, 0.15) is 71.6 Å². The fraction of sp³-hybridized carbons (Fsp3) is 0.857. The summed E-state index contributed by atoms with van der Waals surface area (Å²) in [5.41, 5.74) is 2.47. The molecule has 2 heteroatoms. The SMILES string of the molecule is C[C@]12CCC(=O)C=C1CC[C@H]1[C@H]2CC[C@@]2(C)[C@H]1CC[C@@]21CCO1. The molecule has 0 N–H and O–H groups in total. The summed E-state index contributed by atoms with van der Waals surface area (Å²) in [6, 6.07) is 0. The predicted molar refractivity (Wildman–Crippen MR) is 90.0 cm³/mol. The molecule has 126 valence electrons. The van der Waals surface area contributed by atoms with E-state index in [9.17, 15) is 4.79 Å². The van der Waals surface area contributed by atoms with Crippen molar-refractivity contribution in [1.82, 2.24) is 0 Å². The zero-order valence-electron chi connectivity index (χ0n) is 14.7. The van der Waals surface area contributed by atoms with Crippen molar-refractivity contribution in [2.45, 2.75) is 77.2 Å². The lowest BCUT2D eigenvalue weighted by Gasteiger charge is -2.61. The Labute approximate surface area is 140 Å². The highest BCUT2D eigenvalue weighted by Gasteiger charge is 2.66. The van der Waals surface area contributed by atoms with Crippen LogP contribution in [0.4, 0.5) is 0 Å². The molecule has 23 heavy (non-hydrogen) atoms. The maximum Gasteiger partial charge on any atom is 0.155 e. The Balaban J connectivity index is 1.50. The van der Waals surface area contributed by atoms with Crippen LogP contribution in [0.25, 0.3) is 0 Å². The summed E-state index contributed by atoms with van der Waals surface area (Å²) in [6.07, 6.45) is 13.1. The third kappa shape index (κ3) is 1.67. The Kier molecular flexibility index (Phi) is 2.88. The van der Waals surface area contributed by atoms with Crippen molar-refractivity contribution in [3.8, 4) is 0 Å². The second kappa shape index (κ2) is 4.50. The van der Waals surface area contributed by atoms with Crippen molar-refractivity contribution in [3.63, 3.8) is 0 Å². The van der Waals surface area contributed by atoms with Gasteiger partial charge in [-0.15, -0.1) is 0 Å². The highest BCUT2D eigenvalue weighted by Crippen LogP contribution is 2.70. The van der Waals surface area contributed by atoms with Crippen LogP contribution in [0.15, 0.2) is 11.6 Å². The minimum Gasteiger partial charge on any atom is -0.374 e. The number of hydrogen-bond acceptors (Lipinski definition) is 2. The van der Waals surface area contributed by atoms with Gasteiger partial charge >= 0.3 is 0 Å². The first-order chi connectivity index (χ1) is 11.0. The molecule has 4 aliphatic carbocycles. The molecule has 0 amide bonds. The molecule has 1 spiro atoms. The number of fused-ring (bicyclic) bond motifs is 6. The molecule has 0 radical (unpaired) electrons. The van der Waals surface area contributed by atoms with Gasteiger partial charge in [0.25, 0.3) is 0 Å². The Morgan fingerprint density at radius 1 is 1.00 bits per heavy atom. The normalized spacial score (nSPS) is 54.8. The van der Waals surface area contributed by atoms with Gasteiger partial charge in [-0.05, 0) is 79.6 Å². The van der Waals surface area contributed by atoms with Gasteiger partial charge in [-0.3, -0.25) is 4.79 Å². The molecule has 2 nitrogen and oxygen atoms in total. The quantitative estimate of drug-likeness (QED) is 0.649. The fourth-order valence-electron chi connectivity index (χ4n) is 7.65. The second-order valence-electron chi connectivity index (χ2n) is 9.56. The number of carbonyl (C=O) groups excluding carboxylic acids is 1. The third-order valence-corrected chi connectivity index (χ3v) is 9.14. The van der Waals surface area contributed by atoms with Gasteiger partial charge < -0.3 is 4.74 Å². The first-order valence-corrected chi connectivity index (χ1v) is 9.86. The number of rotatable bonds is 0. The van der Waals surface area contributed by atoms with E-state index in [0.717, 1.165) is 37.2 Å². The minimum absolute atomic E-state index is 0.238. The fourth-order valence-corrected chi connectivity index (χ4v) is 7.65. The van der Waals surface area contributed by atoms with E-state index in [1.807, 2.05) is 6.08 Å². The van der Waals surface area contributed by atoms with Crippen LogP contribution in [0.2, 0.25) is 0 Å². The van der Waals surface area contributed by atoms with Crippen LogP contribution in [-0.4, -0.2) is 18.0 Å². The summed E-state index contributed by atoms with van der Waals surface area (Å²) in [4.78, 5) is 11.9. The molecule has 0 aromatic rings. The van der Waals surface area contributed by atoms with E-state index in [0.29, 0.717) is 16.6 Å². The van der Waals surface area contributed by atoms with E-state index in [1.165, 1.54) is 50.5 Å². The molecule has 1 heterocycles. The van der Waals surface area contributed by atoms with Gasteiger partial charge in [0.15, 0.2) is 5.78 Å². The summed E-state index contributed by atoms with van der Waals surface area (Å²) >= 11 is 0. The molecule has 0 bridgehead atoms. The van der Waals surface area contributed by atoms with Crippen LogP contribution in [0, 0.1) is 28.6 Å². The molecule has 6 atom stereocenters. The molecule has 1 aliphatic heterocycles. The van der Waals surface area contributed by atoms with Gasteiger partial charge in [0.05, 0.1) is 12.2 Å². The Morgan fingerprint density at radius 2 is 1.78 bits per heavy atom. The standard InChI is InChI=1S/C21H30O2/c1-19-8-5-15(22)13-14(19)3-4-16-17(19)6-9-20(2)18(16)7-10-21(20)11-12-23-21/h13,16-18H,3-12H2,1-2H3/t16-,17+,18-,19-,20-,21+/m0/s1. The highest BCUT2D eigenvalue weighted by atomic mass is 16.5. The number of carbonyl (C=O) groups is 1. The summed E-state index contributed by atoms with van der Waals surface area (Å²) in [7, 11) is 0. The summed E-state index contributed by atoms with van der Waals surface area (Å²) in [5.74, 6) is 2.91. The van der Waals surface area contributed by atoms with Crippen LogP contribution in [0.5, 0.6) is 0 Å². The van der Waals surface area contributed by atoms with Gasteiger partial charge in [-0.25, -0.2) is 0 Å². The molecule has 0 aromatic carbocycles. The van der Waals surface area contributed by atoms with E-state index in [2.05, 4.69) is 13.8 Å². The first kappa shape index (κ1) is 14.7. The highest BCUT2D eigenvalue weighted by molar-refractivity contribution is 5.91. The Hall–Kier alpha value is -0.630. The largest absolute Gasteiger partial charge is 0.374 e. The zero-order valence-corrected chi connectivity index (χ0v) is 14.7. The third-order valence-electron chi connectivity index (χ3n) is 9.14. The van der Waals surface area contributed by atoms with Gasteiger partial charge in [0.1, 0.15) is 0 Å². The zero-order chi connectivity index (χ0) is 15.9. The number of hydrogen-bond donors (Lipinski definition) is 0. The lowest BCUT2D eigenvalue weighted by Crippen LogP contribution is -2.59. The number of ketones is 1. The predicted octanol–water partition coefficient (Wildman–Crippen LogP) is 4.68. The van der Waals surface area contributed by atoms with E-state index < -0.39 is 0 Å². The molecular weight excluding hydrogens is 284 g/mol. The van der Waals surface area contributed by atoms with Crippen molar-refractivity contribution in [2.24, 2.45) is 28.6 Å². The topological polar surface area (TPSA) is 26.3 Å². The van der Waals surface area contributed by atoms with Gasteiger partial charge in [0, 0.05) is 12.8 Å². The van der Waals surface area contributed by atoms with Crippen LogP contribution < -0.4 is 0 Å².